The summed E-state index contributed by atoms with van der Waals surface area (Å²) in [6, 6.07) is 7.75. The van der Waals surface area contributed by atoms with Crippen LogP contribution in [0.25, 0.3) is 0 Å². The van der Waals surface area contributed by atoms with E-state index in [2.05, 4.69) is 7.05 Å². The van der Waals surface area contributed by atoms with Crippen LogP contribution in [-0.2, 0) is 4.74 Å². The average molecular weight is 323 g/mol. The third kappa shape index (κ3) is 3.16. The molecule has 4 heteroatoms. The molecule has 0 aromatic heterocycles. The number of rotatable bonds is 3. The lowest BCUT2D eigenvalue weighted by Crippen LogP contribution is -2.61. The molecule has 1 aromatic rings. The van der Waals surface area contributed by atoms with Gasteiger partial charge in [-0.3, -0.25) is 0 Å². The van der Waals surface area contributed by atoms with Crippen molar-refractivity contribution in [3.05, 3.63) is 34.9 Å². The average Bonchev–Trinajstić information content (AvgIpc) is 2.52. The summed E-state index contributed by atoms with van der Waals surface area (Å²) in [4.78, 5) is 12.2. The largest absolute Gasteiger partial charge is 0.462 e. The van der Waals surface area contributed by atoms with Gasteiger partial charge in [-0.25, -0.2) is 4.79 Å². The van der Waals surface area contributed by atoms with Crippen LogP contribution in [0.5, 0.6) is 0 Å². The van der Waals surface area contributed by atoms with Crippen LogP contribution < -0.4 is 0 Å². The van der Waals surface area contributed by atoms with Crippen LogP contribution in [0.3, 0.4) is 0 Å². The Morgan fingerprint density at radius 2 is 2.00 bits per heavy atom. The molecule has 0 bridgehead atoms. The molecule has 2 aliphatic rings. The van der Waals surface area contributed by atoms with Crippen molar-refractivity contribution in [2.24, 2.45) is 5.92 Å². The maximum absolute atomic E-state index is 12.2. The van der Waals surface area contributed by atoms with Gasteiger partial charge in [0.05, 0.1) is 36.8 Å². The number of nitrogens with zero attached hydrogens (tertiary/aromatic N) is 1. The predicted octanol–water partition coefficient (Wildman–Crippen LogP) is 3.91. The number of hydrogen-bond donors (Lipinski definition) is 0. The highest BCUT2D eigenvalue weighted by Gasteiger charge is 2.43. The highest BCUT2D eigenvalue weighted by Crippen LogP contribution is 2.36. The molecule has 120 valence electrons. The van der Waals surface area contributed by atoms with E-state index in [0.29, 0.717) is 29.2 Å². The first kappa shape index (κ1) is 15.8. The summed E-state index contributed by atoms with van der Waals surface area (Å²) in [5.41, 5.74) is 0.473. The molecule has 0 saturated carbocycles. The Labute approximate surface area is 137 Å². The van der Waals surface area contributed by atoms with E-state index in [1.165, 1.54) is 49.7 Å². The molecule has 2 saturated heterocycles. The van der Waals surface area contributed by atoms with E-state index in [4.69, 9.17) is 16.3 Å². The maximum atomic E-state index is 12.2. The first-order chi connectivity index (χ1) is 10.6. The van der Waals surface area contributed by atoms with Crippen molar-refractivity contribution < 1.29 is 14.0 Å². The molecule has 0 N–H and O–H groups in total. The van der Waals surface area contributed by atoms with E-state index in [1.807, 2.05) is 12.1 Å². The Bertz CT molecular complexity index is 544. The zero-order valence-corrected chi connectivity index (χ0v) is 14.0. The fraction of sp³-hybridized carbons (Fsp3) is 0.611. The zero-order valence-electron chi connectivity index (χ0n) is 13.3. The number of carbonyl (C=O) groups is 1. The van der Waals surface area contributed by atoms with Gasteiger partial charge in [-0.2, -0.15) is 0 Å². The van der Waals surface area contributed by atoms with Crippen LogP contribution in [0.1, 0.15) is 42.5 Å². The molecule has 3 atom stereocenters. The summed E-state index contributed by atoms with van der Waals surface area (Å²) in [7, 11) is 2.38. The Kier molecular flexibility index (Phi) is 4.74. The van der Waals surface area contributed by atoms with Crippen LogP contribution in [0.4, 0.5) is 0 Å². The van der Waals surface area contributed by atoms with Gasteiger partial charge in [-0.1, -0.05) is 23.7 Å². The second kappa shape index (κ2) is 6.59. The van der Waals surface area contributed by atoms with Gasteiger partial charge in [-0.15, -0.1) is 0 Å². The van der Waals surface area contributed by atoms with Crippen LogP contribution in [-0.4, -0.2) is 43.2 Å². The molecule has 3 rings (SSSR count). The lowest BCUT2D eigenvalue weighted by Gasteiger charge is -2.51. The van der Waals surface area contributed by atoms with E-state index in [9.17, 15) is 4.79 Å². The lowest BCUT2D eigenvalue weighted by atomic mass is 9.82. The molecule has 0 spiro atoms. The van der Waals surface area contributed by atoms with E-state index < -0.39 is 0 Å². The molecule has 2 heterocycles. The summed E-state index contributed by atoms with van der Waals surface area (Å²) in [6.45, 7) is 3.09. The zero-order chi connectivity index (χ0) is 15.6. The van der Waals surface area contributed by atoms with Gasteiger partial charge in [0.1, 0.15) is 6.61 Å². The molecule has 0 aliphatic carbocycles. The number of benzene rings is 1. The van der Waals surface area contributed by atoms with Crippen LogP contribution in [0, 0.1) is 5.92 Å². The molecule has 0 radical (unpaired) electrons. The number of carbonyl (C=O) groups excluding carboxylic acids is 1. The molecule has 3 nitrogen and oxygen atoms in total. The summed E-state index contributed by atoms with van der Waals surface area (Å²) < 4.78 is 6.78. The van der Waals surface area contributed by atoms with Gasteiger partial charge in [0.15, 0.2) is 0 Å². The Balaban J connectivity index is 1.63. The van der Waals surface area contributed by atoms with E-state index in [1.54, 1.807) is 12.1 Å². The number of fused-ring (bicyclic) bond motifs is 1. The summed E-state index contributed by atoms with van der Waals surface area (Å²) in [5.74, 6) is 0.201. The third-order valence-corrected chi connectivity index (χ3v) is 5.86. The monoisotopic (exact) mass is 322 g/mol. The van der Waals surface area contributed by atoms with Gasteiger partial charge in [0.2, 0.25) is 0 Å². The second-order valence-electron chi connectivity index (χ2n) is 6.97. The van der Waals surface area contributed by atoms with Crippen molar-refractivity contribution in [2.75, 3.05) is 26.7 Å². The van der Waals surface area contributed by atoms with Crippen molar-refractivity contribution in [1.82, 2.24) is 0 Å². The van der Waals surface area contributed by atoms with E-state index >= 15 is 0 Å². The Morgan fingerprint density at radius 1 is 1.23 bits per heavy atom. The number of halogens is 1. The first-order valence-electron chi connectivity index (χ1n) is 8.36. The second-order valence-corrected chi connectivity index (χ2v) is 7.38. The number of ether oxygens (including phenoxy) is 1. The third-order valence-electron chi connectivity index (χ3n) is 5.53. The summed E-state index contributed by atoms with van der Waals surface area (Å²) in [5, 5.41) is 0.467. The SMILES string of the molecule is C[N@+]12CCCC[C@@H]1[C@H](COC(=O)c1ccccc1Cl)CCC2. The van der Waals surface area contributed by atoms with Crippen molar-refractivity contribution in [2.45, 2.75) is 38.1 Å². The van der Waals surface area contributed by atoms with Gasteiger partial charge >= 0.3 is 5.97 Å². The predicted molar refractivity (Wildman–Crippen MR) is 88.0 cm³/mol. The Morgan fingerprint density at radius 3 is 2.82 bits per heavy atom. The molecular weight excluding hydrogens is 298 g/mol. The molecule has 1 aromatic carbocycles. The van der Waals surface area contributed by atoms with Crippen LogP contribution in [0.15, 0.2) is 24.3 Å². The van der Waals surface area contributed by atoms with Gasteiger partial charge in [-0.05, 0) is 37.8 Å². The van der Waals surface area contributed by atoms with Crippen molar-refractivity contribution in [1.29, 1.82) is 0 Å². The Hall–Kier alpha value is -1.06. The molecule has 0 unspecified atom stereocenters. The van der Waals surface area contributed by atoms with Gasteiger partial charge in [0.25, 0.3) is 0 Å². The minimum absolute atomic E-state index is 0.291. The lowest BCUT2D eigenvalue weighted by molar-refractivity contribution is -0.947. The molecule has 2 fully saturated rings. The normalized spacial score (nSPS) is 31.4. The molecule has 22 heavy (non-hydrogen) atoms. The van der Waals surface area contributed by atoms with Crippen LogP contribution >= 0.6 is 11.6 Å². The molecule has 0 amide bonds. The summed E-state index contributed by atoms with van der Waals surface area (Å²) in [6.07, 6.45) is 6.33. The van der Waals surface area contributed by atoms with Crippen molar-refractivity contribution in [3.8, 4) is 0 Å². The summed E-state index contributed by atoms with van der Waals surface area (Å²) >= 11 is 6.07. The minimum Gasteiger partial charge on any atom is -0.462 e. The first-order valence-corrected chi connectivity index (χ1v) is 8.74. The van der Waals surface area contributed by atoms with E-state index in [-0.39, 0.29) is 5.97 Å². The minimum atomic E-state index is -0.291. The highest BCUT2D eigenvalue weighted by atomic mass is 35.5. The van der Waals surface area contributed by atoms with Crippen LogP contribution in [0.2, 0.25) is 5.02 Å². The number of esters is 1. The number of piperidine rings is 2. The van der Waals surface area contributed by atoms with Crippen molar-refractivity contribution in [3.63, 3.8) is 0 Å². The van der Waals surface area contributed by atoms with E-state index in [0.717, 1.165) is 0 Å². The maximum Gasteiger partial charge on any atom is 0.339 e. The fourth-order valence-corrected chi connectivity index (χ4v) is 4.53. The number of quaternary nitrogens is 1. The fourth-order valence-electron chi connectivity index (χ4n) is 4.31. The van der Waals surface area contributed by atoms with Gasteiger partial charge < -0.3 is 9.22 Å². The van der Waals surface area contributed by atoms with Gasteiger partial charge in [0, 0.05) is 12.3 Å². The molecular formula is C18H25ClNO2+. The highest BCUT2D eigenvalue weighted by molar-refractivity contribution is 6.33. The number of hydrogen-bond acceptors (Lipinski definition) is 2. The standard InChI is InChI=1S/C18H25ClNO2/c1-20-11-5-4-10-17(20)14(7-6-12-20)13-22-18(21)15-8-2-3-9-16(15)19/h2-3,8-9,14,17H,4-7,10-13H2,1H3/q+1/t14-,17+,20+/m0/s1. The molecule has 2 aliphatic heterocycles. The topological polar surface area (TPSA) is 26.3 Å². The van der Waals surface area contributed by atoms with Crippen molar-refractivity contribution >= 4 is 17.6 Å². The smallest absolute Gasteiger partial charge is 0.339 e. The quantitative estimate of drug-likeness (QED) is 0.623.